The minimum atomic E-state index is -2.37. The van der Waals surface area contributed by atoms with E-state index in [-0.39, 0.29) is 78.0 Å². The van der Waals surface area contributed by atoms with Crippen LogP contribution in [0.4, 0.5) is 0 Å². The average molecular weight is 1810 g/mol. The molecule has 37 nitrogen and oxygen atoms in total. The predicted molar refractivity (Wildman–Crippen MR) is 450 cm³/mol. The maximum Gasteiger partial charge on any atom is 0.248 e. The van der Waals surface area contributed by atoms with Crippen LogP contribution in [0, 0.1) is 5.92 Å². The Kier molecular flexibility index (Phi) is 30.2. The van der Waals surface area contributed by atoms with Crippen LogP contribution in [0.15, 0.2) is 126 Å². The molecule has 10 unspecified atom stereocenters. The number of primary amides is 1. The Labute approximate surface area is 734 Å². The topological polar surface area (TPSA) is 572 Å². The molecule has 14 rings (SSSR count). The van der Waals surface area contributed by atoms with E-state index < -0.39 is 231 Å². The first-order valence-corrected chi connectivity index (χ1v) is 41.3. The largest absolute Gasteiger partial charge is 0.508 e. The van der Waals surface area contributed by atoms with Crippen LogP contribution in [0.1, 0.15) is 129 Å². The number of halogens is 4. The van der Waals surface area contributed by atoms with Gasteiger partial charge in [-0.25, -0.2) is 0 Å². The first kappa shape index (κ1) is 93.1. The molecule has 0 saturated carbocycles. The number of nitrogens with one attached hydrogen (secondary N) is 9. The number of rotatable bonds is 24. The lowest BCUT2D eigenvalue weighted by Gasteiger charge is -2.48. The molecule has 0 radical (unpaired) electrons. The monoisotopic (exact) mass is 1810 g/mol. The number of hydrogen-bond donors (Lipinski definition) is 19. The number of aromatic hydroxyl groups is 3. The van der Waals surface area contributed by atoms with Gasteiger partial charge in [-0.3, -0.25) is 38.4 Å². The second kappa shape index (κ2) is 40.5. The fraction of sp³-hybridized carbons (Fsp3) is 0.405. The number of hydrogen-bond acceptors (Lipinski definition) is 27. The van der Waals surface area contributed by atoms with Gasteiger partial charge in [-0.05, 0) is 176 Å². The number of benzene rings is 7. The Morgan fingerprint density at radius 3 is 1.98 bits per heavy atom. The SMILES string of the molecule is CN[C@H](CC(C)C)C(=O)N[C@H]1C(=O)N[C@@H](CC(N)=O)C(=O)N[C@H]2C(=O)NC3C(=O)N[C@H](C(=O)N[C@H](C(=O)NCCCCN)c4cc(O)cc(O)c4-c4cc3ccc4O)[C@H](O)c3ccc(c(Cl)c3)Oc3cc2cc(c3OC2OC(CN=[N+]=[N-])C(O)C(O)C2OC2CC(C)(NCc3ccc(OCc4ccc(Cl)c(Cl)c4)cc3)C(O)C(C)O2)Oc2ccc(cc2Cl)[C@H]1O. The van der Waals surface area contributed by atoms with Gasteiger partial charge >= 0.3 is 0 Å². The van der Waals surface area contributed by atoms with Gasteiger partial charge in [0.05, 0.1) is 57.4 Å². The predicted octanol–water partition coefficient (Wildman–Crippen LogP) is 5.91. The number of ether oxygens (including phenoxy) is 7. The Bertz CT molecular complexity index is 5270. The Balaban J connectivity index is 1.03. The van der Waals surface area contributed by atoms with Crippen LogP contribution in [0.5, 0.6) is 51.7 Å². The third kappa shape index (κ3) is 21.7. The minimum absolute atomic E-state index is 0.0342. The highest BCUT2D eigenvalue weighted by Crippen LogP contribution is 2.50. The van der Waals surface area contributed by atoms with E-state index in [1.807, 2.05) is 13.8 Å². The van der Waals surface area contributed by atoms with Crippen molar-refractivity contribution >= 4 is 93.7 Å². The average Bonchev–Trinajstić information content (AvgIpc) is 0.764. The lowest BCUT2D eigenvalue weighted by Crippen LogP contribution is -2.65. The second-order valence-electron chi connectivity index (χ2n) is 31.3. The van der Waals surface area contributed by atoms with Crippen molar-refractivity contribution < 1.29 is 112 Å². The third-order valence-corrected chi connectivity index (χ3v) is 23.2. The number of aliphatic hydroxyl groups excluding tert-OH is 5. The van der Waals surface area contributed by atoms with E-state index in [0.29, 0.717) is 28.6 Å². The molecule has 0 aromatic heterocycles. The van der Waals surface area contributed by atoms with Crippen LogP contribution in [0.3, 0.4) is 0 Å². The fourth-order valence-corrected chi connectivity index (χ4v) is 15.9. The van der Waals surface area contributed by atoms with E-state index in [1.54, 1.807) is 56.3 Å². The molecule has 11 bridgehead atoms. The number of unbranched alkanes of at least 4 members (excludes halogenated alkanes) is 1. The number of nitrogens with zero attached hydrogens (tertiary/aromatic N) is 3. The number of carbonyl (C=O) groups is 8. The molecule has 125 heavy (non-hydrogen) atoms. The number of fused-ring (bicyclic) bond motifs is 15. The summed E-state index contributed by atoms with van der Waals surface area (Å²) in [6, 6.07) is 12.4. The molecular formula is C84H94Cl4N14O23. The van der Waals surface area contributed by atoms with Gasteiger partial charge in [0.25, 0.3) is 0 Å². The molecule has 21 N–H and O–H groups in total. The van der Waals surface area contributed by atoms with Crippen molar-refractivity contribution in [2.24, 2.45) is 22.5 Å². The molecule has 7 heterocycles. The molecule has 7 aromatic carbocycles. The highest BCUT2D eigenvalue weighted by atomic mass is 35.5. The minimum Gasteiger partial charge on any atom is -0.508 e. The zero-order chi connectivity index (χ0) is 90.2. The van der Waals surface area contributed by atoms with E-state index in [0.717, 1.165) is 71.8 Å². The molecule has 2 saturated heterocycles. The smallest absolute Gasteiger partial charge is 0.248 e. The summed E-state index contributed by atoms with van der Waals surface area (Å²) < 4.78 is 46.0. The first-order valence-electron chi connectivity index (χ1n) is 39.8. The van der Waals surface area contributed by atoms with Crippen molar-refractivity contribution in [2.75, 3.05) is 26.7 Å². The number of carbonyl (C=O) groups excluding carboxylic acids is 8. The summed E-state index contributed by atoms with van der Waals surface area (Å²) in [7, 11) is 1.48. The summed E-state index contributed by atoms with van der Waals surface area (Å²) in [6.07, 6.45) is -18.1. The van der Waals surface area contributed by atoms with Gasteiger partial charge in [-0.1, -0.05) is 102 Å². The summed E-state index contributed by atoms with van der Waals surface area (Å²) >= 11 is 26.8. The molecule has 0 spiro atoms. The molecular weight excluding hydrogens is 1710 g/mol. The summed E-state index contributed by atoms with van der Waals surface area (Å²) in [5.74, 6) is -14.3. The molecule has 0 aliphatic carbocycles. The van der Waals surface area contributed by atoms with Crippen molar-refractivity contribution in [3.63, 3.8) is 0 Å². The lowest BCUT2D eigenvalue weighted by atomic mass is 9.84. The van der Waals surface area contributed by atoms with Crippen LogP contribution in [0.25, 0.3) is 21.6 Å². The molecule has 41 heteroatoms. The van der Waals surface area contributed by atoms with Crippen LogP contribution in [-0.2, 0) is 65.7 Å². The van der Waals surface area contributed by atoms with Gasteiger partial charge in [0.1, 0.15) is 102 Å². The van der Waals surface area contributed by atoms with E-state index in [9.17, 15) is 60.8 Å². The molecule has 7 aliphatic heterocycles. The molecule has 666 valence electrons. The molecule has 8 amide bonds. The summed E-state index contributed by atoms with van der Waals surface area (Å²) in [5, 5.41) is 124. The highest BCUT2D eigenvalue weighted by Gasteiger charge is 2.52. The van der Waals surface area contributed by atoms with Crippen molar-refractivity contribution in [2.45, 2.75) is 182 Å². The zero-order valence-electron chi connectivity index (χ0n) is 67.7. The summed E-state index contributed by atoms with van der Waals surface area (Å²) in [5.41, 5.74) is 19.1. The van der Waals surface area contributed by atoms with Crippen LogP contribution >= 0.6 is 46.4 Å². The zero-order valence-corrected chi connectivity index (χ0v) is 70.7. The number of amides is 8. The quantitative estimate of drug-likeness (QED) is 0.0145. The number of azide groups is 1. The lowest BCUT2D eigenvalue weighted by molar-refractivity contribution is -0.331. The third-order valence-electron chi connectivity index (χ3n) is 21.8. The van der Waals surface area contributed by atoms with E-state index in [4.69, 9.17) is 91.0 Å². The normalized spacial score (nSPS) is 25.9. The van der Waals surface area contributed by atoms with Crippen molar-refractivity contribution in [3.05, 3.63) is 191 Å². The number of aliphatic hydroxyl groups is 5. The van der Waals surface area contributed by atoms with Gasteiger partial charge in [-0.15, -0.1) is 0 Å². The number of likely N-dealkylation sites (N-methyl/N-ethyl adjacent to an activating group) is 1. The van der Waals surface area contributed by atoms with E-state index in [1.165, 1.54) is 25.2 Å². The maximum atomic E-state index is 16.4. The standard InChI is InChI=1S/C84H94Cl4N14O23/c1-36(2)22-52(92-5)76(112)100-67-69(107)41-12-18-56(50(87)25-41)121-58-27-43-28-59(73(58)125-83-74(72(110)71(109)60(123-83)34-95-102-91)124-62-32-84(4,75(111)37(3)120-62)94-33-38-8-14-45(15-9-38)119-35-39-10-16-48(85)49(86)23-39)122-57-19-13-42(26-51(57)88)70(108)68-82(118)99-66(78(114)93-21-7-6-20-89)47-29-44(103)30-55(105)63(47)46-24-40(11-17-54(46)104)64(79(115)101-68)98-80(116)65(43)97-77(113)53(31-61(90)106)96-81(67)117/h8-19,23-30,36-37,52-53,60,62,64-72,74-75,83,92,94,103-105,107-111H,6-7,20-22,31-35,89H2,1-5H3,(H2,90,106)(H,93,114)(H,96,117)(H,97,113)(H,98,116)(H,99,118)(H,100,112)(H,101,115)/t37?,52-,53+,60?,62?,64?,65-,66+,67-,68+,69-,70-,71?,72?,74?,75?,83?,84?/m1/s1. The highest BCUT2D eigenvalue weighted by molar-refractivity contribution is 6.42. The van der Waals surface area contributed by atoms with Crippen molar-refractivity contribution in [1.29, 1.82) is 0 Å². The Morgan fingerprint density at radius 1 is 0.688 bits per heavy atom. The van der Waals surface area contributed by atoms with Crippen molar-refractivity contribution in [3.8, 4) is 62.9 Å². The first-order chi connectivity index (χ1) is 59.5. The molecule has 2 fully saturated rings. The van der Waals surface area contributed by atoms with Crippen LogP contribution in [0.2, 0.25) is 20.1 Å². The summed E-state index contributed by atoms with van der Waals surface area (Å²) in [4.78, 5) is 123. The number of phenolic OH excluding ortho intramolecular Hbond substituents is 3. The summed E-state index contributed by atoms with van der Waals surface area (Å²) in [6.45, 7) is 6.73. The van der Waals surface area contributed by atoms with E-state index in [2.05, 4.69) is 57.9 Å². The van der Waals surface area contributed by atoms with Gasteiger partial charge in [0.2, 0.25) is 59.3 Å². The molecule has 18 atom stereocenters. The van der Waals surface area contributed by atoms with Crippen LogP contribution < -0.4 is 78.3 Å². The molecule has 7 aliphatic rings. The van der Waals surface area contributed by atoms with Gasteiger partial charge in [-0.2, -0.15) is 0 Å². The number of nitrogens with two attached hydrogens (primary N) is 2. The van der Waals surface area contributed by atoms with E-state index >= 15 is 24.0 Å². The Morgan fingerprint density at radius 2 is 1.34 bits per heavy atom. The Hall–Kier alpha value is -11.1. The van der Waals surface area contributed by atoms with Crippen LogP contribution in [-0.4, -0.2) is 194 Å². The van der Waals surface area contributed by atoms with Gasteiger partial charge in [0.15, 0.2) is 23.9 Å². The number of phenols is 3. The van der Waals surface area contributed by atoms with Crippen molar-refractivity contribution in [1.82, 2.24) is 47.9 Å². The molecule has 7 aromatic rings. The van der Waals surface area contributed by atoms with Gasteiger partial charge in [0, 0.05) is 47.2 Å². The maximum absolute atomic E-state index is 16.4. The fourth-order valence-electron chi connectivity index (χ4n) is 15.2. The van der Waals surface area contributed by atoms with Gasteiger partial charge < -0.3 is 133 Å². The second-order valence-corrected chi connectivity index (χ2v) is 33.0.